The number of hydrogen-bond donors (Lipinski definition) is 1. The van der Waals surface area contributed by atoms with Crippen molar-refractivity contribution in [3.63, 3.8) is 0 Å². The van der Waals surface area contributed by atoms with Gasteiger partial charge in [0.2, 0.25) is 5.91 Å². The van der Waals surface area contributed by atoms with Crippen LogP contribution in [0.25, 0.3) is 6.08 Å². The SMILES string of the molecule is COc1cc(/C=C/C(=O)Nc2ccc3c(c2)OCCO3)ccc1OCC#N. The van der Waals surface area contributed by atoms with Gasteiger partial charge in [0.15, 0.2) is 29.6 Å². The number of nitrogens with one attached hydrogen (secondary N) is 1. The molecular formula is C20H18N2O5. The predicted molar refractivity (Wildman–Crippen MR) is 99.2 cm³/mol. The zero-order valence-corrected chi connectivity index (χ0v) is 14.7. The maximum absolute atomic E-state index is 12.2. The van der Waals surface area contributed by atoms with Crippen LogP contribution >= 0.6 is 0 Å². The Balaban J connectivity index is 1.65. The fourth-order valence-electron chi connectivity index (χ4n) is 2.49. The van der Waals surface area contributed by atoms with E-state index in [0.717, 1.165) is 5.56 Å². The molecule has 0 spiro atoms. The summed E-state index contributed by atoms with van der Waals surface area (Å²) >= 11 is 0. The van der Waals surface area contributed by atoms with Gasteiger partial charge in [-0.15, -0.1) is 0 Å². The van der Waals surface area contributed by atoms with Crippen LogP contribution in [0, 0.1) is 11.3 Å². The van der Waals surface area contributed by atoms with E-state index in [1.54, 1.807) is 42.5 Å². The van der Waals surface area contributed by atoms with Gasteiger partial charge in [-0.2, -0.15) is 5.26 Å². The number of carbonyl (C=O) groups excluding carboxylic acids is 1. The number of anilines is 1. The van der Waals surface area contributed by atoms with Gasteiger partial charge in [0.25, 0.3) is 0 Å². The lowest BCUT2D eigenvalue weighted by Crippen LogP contribution is -2.16. The van der Waals surface area contributed by atoms with Crippen LogP contribution in [0.15, 0.2) is 42.5 Å². The molecule has 2 aromatic rings. The number of fused-ring (bicyclic) bond motifs is 1. The first-order valence-electron chi connectivity index (χ1n) is 8.26. The molecule has 1 aliphatic heterocycles. The minimum atomic E-state index is -0.282. The van der Waals surface area contributed by atoms with Crippen LogP contribution in [0.2, 0.25) is 0 Å². The Morgan fingerprint density at radius 3 is 2.78 bits per heavy atom. The summed E-state index contributed by atoms with van der Waals surface area (Å²) in [6.45, 7) is 0.939. The second-order valence-corrected chi connectivity index (χ2v) is 5.54. The molecule has 0 aliphatic carbocycles. The molecule has 0 aromatic heterocycles. The lowest BCUT2D eigenvalue weighted by atomic mass is 10.2. The Bertz CT molecular complexity index is 902. The molecule has 1 N–H and O–H groups in total. The highest BCUT2D eigenvalue weighted by Gasteiger charge is 2.12. The van der Waals surface area contributed by atoms with Crippen molar-refractivity contribution in [2.75, 3.05) is 32.2 Å². The molecule has 27 heavy (non-hydrogen) atoms. The van der Waals surface area contributed by atoms with Gasteiger partial charge < -0.3 is 24.3 Å². The average molecular weight is 366 g/mol. The van der Waals surface area contributed by atoms with Crippen LogP contribution in [0.4, 0.5) is 5.69 Å². The van der Waals surface area contributed by atoms with E-state index in [1.807, 2.05) is 6.07 Å². The van der Waals surface area contributed by atoms with Gasteiger partial charge in [0.05, 0.1) is 7.11 Å². The van der Waals surface area contributed by atoms with Gasteiger partial charge in [0, 0.05) is 17.8 Å². The summed E-state index contributed by atoms with van der Waals surface area (Å²) in [4.78, 5) is 12.2. The van der Waals surface area contributed by atoms with Crippen molar-refractivity contribution in [2.24, 2.45) is 0 Å². The van der Waals surface area contributed by atoms with E-state index in [2.05, 4.69) is 5.32 Å². The summed E-state index contributed by atoms with van der Waals surface area (Å²) in [5.41, 5.74) is 1.38. The molecule has 1 amide bonds. The summed E-state index contributed by atoms with van der Waals surface area (Å²) in [7, 11) is 1.51. The molecule has 2 aromatic carbocycles. The molecule has 138 valence electrons. The van der Waals surface area contributed by atoms with Gasteiger partial charge >= 0.3 is 0 Å². The number of nitrogens with zero attached hydrogens (tertiary/aromatic N) is 1. The van der Waals surface area contributed by atoms with Crippen LogP contribution in [-0.4, -0.2) is 32.8 Å². The zero-order valence-electron chi connectivity index (χ0n) is 14.7. The summed E-state index contributed by atoms with van der Waals surface area (Å²) in [5, 5.41) is 11.4. The molecule has 1 heterocycles. The van der Waals surface area contributed by atoms with Crippen molar-refractivity contribution in [2.45, 2.75) is 0 Å². The summed E-state index contributed by atoms with van der Waals surface area (Å²) in [5.74, 6) is 1.95. The van der Waals surface area contributed by atoms with Crippen molar-refractivity contribution in [3.05, 3.63) is 48.0 Å². The van der Waals surface area contributed by atoms with E-state index in [0.29, 0.717) is 41.9 Å². The largest absolute Gasteiger partial charge is 0.493 e. The average Bonchev–Trinajstić information content (AvgIpc) is 2.70. The van der Waals surface area contributed by atoms with Crippen LogP contribution < -0.4 is 24.3 Å². The lowest BCUT2D eigenvalue weighted by molar-refractivity contribution is -0.111. The van der Waals surface area contributed by atoms with E-state index in [9.17, 15) is 4.79 Å². The van der Waals surface area contributed by atoms with Gasteiger partial charge in [-0.25, -0.2) is 0 Å². The molecule has 7 heteroatoms. The Morgan fingerprint density at radius 2 is 2.00 bits per heavy atom. The maximum atomic E-state index is 12.2. The summed E-state index contributed by atoms with van der Waals surface area (Å²) in [6.07, 6.45) is 3.07. The Morgan fingerprint density at radius 1 is 1.19 bits per heavy atom. The van der Waals surface area contributed by atoms with E-state index in [1.165, 1.54) is 13.2 Å². The molecule has 0 saturated heterocycles. The van der Waals surface area contributed by atoms with Gasteiger partial charge in [0.1, 0.15) is 19.3 Å². The fourth-order valence-corrected chi connectivity index (χ4v) is 2.49. The van der Waals surface area contributed by atoms with E-state index in [4.69, 9.17) is 24.2 Å². The van der Waals surface area contributed by atoms with Gasteiger partial charge in [-0.1, -0.05) is 6.07 Å². The summed E-state index contributed by atoms with van der Waals surface area (Å²) in [6, 6.07) is 12.3. The quantitative estimate of drug-likeness (QED) is 0.791. The molecule has 0 bridgehead atoms. The highest BCUT2D eigenvalue weighted by atomic mass is 16.6. The fraction of sp³-hybridized carbons (Fsp3) is 0.200. The van der Waals surface area contributed by atoms with Crippen LogP contribution in [0.5, 0.6) is 23.0 Å². The third kappa shape index (κ3) is 4.70. The Kier molecular flexibility index (Phi) is 5.80. The van der Waals surface area contributed by atoms with Crippen molar-refractivity contribution in [3.8, 4) is 29.1 Å². The number of benzene rings is 2. The number of amides is 1. The number of ether oxygens (including phenoxy) is 4. The molecule has 0 saturated carbocycles. The second kappa shape index (κ2) is 8.63. The van der Waals surface area contributed by atoms with Crippen molar-refractivity contribution in [1.82, 2.24) is 0 Å². The second-order valence-electron chi connectivity index (χ2n) is 5.54. The third-order valence-corrected chi connectivity index (χ3v) is 3.72. The predicted octanol–water partition coefficient (Wildman–Crippen LogP) is 3.02. The maximum Gasteiger partial charge on any atom is 0.248 e. The monoisotopic (exact) mass is 366 g/mol. The molecule has 0 radical (unpaired) electrons. The molecule has 0 unspecified atom stereocenters. The van der Waals surface area contributed by atoms with Gasteiger partial charge in [-0.3, -0.25) is 4.79 Å². The highest BCUT2D eigenvalue weighted by molar-refractivity contribution is 6.02. The minimum Gasteiger partial charge on any atom is -0.493 e. The van der Waals surface area contributed by atoms with Crippen molar-refractivity contribution >= 4 is 17.7 Å². The molecule has 7 nitrogen and oxygen atoms in total. The Hall–Kier alpha value is -3.66. The van der Waals surface area contributed by atoms with E-state index < -0.39 is 0 Å². The Labute approximate surface area is 156 Å². The number of hydrogen-bond acceptors (Lipinski definition) is 6. The number of carbonyl (C=O) groups is 1. The number of rotatable bonds is 6. The third-order valence-electron chi connectivity index (χ3n) is 3.72. The molecule has 0 atom stereocenters. The highest BCUT2D eigenvalue weighted by Crippen LogP contribution is 2.32. The van der Waals surface area contributed by atoms with Crippen molar-refractivity contribution < 1.29 is 23.7 Å². The smallest absolute Gasteiger partial charge is 0.248 e. The first-order valence-corrected chi connectivity index (χ1v) is 8.26. The minimum absolute atomic E-state index is 0.0660. The molecule has 1 aliphatic rings. The number of nitriles is 1. The molecule has 0 fully saturated rings. The number of methoxy groups -OCH3 is 1. The van der Waals surface area contributed by atoms with Crippen LogP contribution in [0.1, 0.15) is 5.56 Å². The molecular weight excluding hydrogens is 348 g/mol. The van der Waals surface area contributed by atoms with E-state index >= 15 is 0 Å². The zero-order chi connectivity index (χ0) is 19.1. The van der Waals surface area contributed by atoms with Crippen LogP contribution in [0.3, 0.4) is 0 Å². The van der Waals surface area contributed by atoms with Crippen LogP contribution in [-0.2, 0) is 4.79 Å². The standard InChI is InChI=1S/C20H18N2O5/c1-24-18-12-14(2-5-16(18)25-9-8-21)3-7-20(23)22-15-4-6-17-19(13-15)27-11-10-26-17/h2-7,12-13H,9-11H2,1H3,(H,22,23)/b7-3+. The topological polar surface area (TPSA) is 89.8 Å². The summed E-state index contributed by atoms with van der Waals surface area (Å²) < 4.78 is 21.5. The molecule has 3 rings (SSSR count). The van der Waals surface area contributed by atoms with Crippen molar-refractivity contribution in [1.29, 1.82) is 5.26 Å². The van der Waals surface area contributed by atoms with E-state index in [-0.39, 0.29) is 12.5 Å². The first-order chi connectivity index (χ1) is 13.2. The lowest BCUT2D eigenvalue weighted by Gasteiger charge is -2.18. The van der Waals surface area contributed by atoms with Gasteiger partial charge in [-0.05, 0) is 35.9 Å². The normalized spacial score (nSPS) is 12.3. The first kappa shape index (κ1) is 18.1.